The number of halogens is 3. The number of nitro benzene ring substituents is 1. The summed E-state index contributed by atoms with van der Waals surface area (Å²) in [4.78, 5) is 35.8. The third kappa shape index (κ3) is 6.06. The summed E-state index contributed by atoms with van der Waals surface area (Å²) in [5, 5.41) is 13.4. The lowest BCUT2D eigenvalue weighted by atomic mass is 10.00. The largest absolute Gasteiger partial charge is 0.454 e. The number of amides is 1. The smallest absolute Gasteiger partial charge is 0.416 e. The second-order valence-electron chi connectivity index (χ2n) is 6.65. The molecule has 1 aliphatic rings. The lowest BCUT2D eigenvalue weighted by Gasteiger charge is -2.35. The Labute approximate surface area is 165 Å². The Morgan fingerprint density at radius 2 is 2.07 bits per heavy atom. The molecule has 0 unspecified atom stereocenters. The van der Waals surface area contributed by atoms with Gasteiger partial charge in [0.15, 0.2) is 6.61 Å². The number of likely N-dealkylation sites (tertiary alicyclic amines) is 1. The van der Waals surface area contributed by atoms with E-state index in [1.807, 2.05) is 6.92 Å². The average Bonchev–Trinajstić information content (AvgIpc) is 2.69. The molecule has 0 aliphatic carbocycles. The first kappa shape index (κ1) is 22.4. The van der Waals surface area contributed by atoms with E-state index in [4.69, 9.17) is 4.74 Å². The minimum atomic E-state index is -4.73. The second-order valence-corrected chi connectivity index (χ2v) is 6.65. The molecule has 1 heterocycles. The van der Waals surface area contributed by atoms with E-state index in [0.29, 0.717) is 18.7 Å². The van der Waals surface area contributed by atoms with Gasteiger partial charge in [0.2, 0.25) is 0 Å². The van der Waals surface area contributed by atoms with E-state index in [2.05, 4.69) is 5.32 Å². The van der Waals surface area contributed by atoms with Crippen molar-refractivity contribution in [3.05, 3.63) is 33.9 Å². The van der Waals surface area contributed by atoms with E-state index < -0.39 is 41.5 Å². The molecule has 8 nitrogen and oxygen atoms in total. The topological polar surface area (TPSA) is 102 Å². The summed E-state index contributed by atoms with van der Waals surface area (Å²) in [6, 6.07) is 2.05. The van der Waals surface area contributed by atoms with Crippen LogP contribution in [-0.4, -0.2) is 47.4 Å². The van der Waals surface area contributed by atoms with Crippen molar-refractivity contribution >= 4 is 23.3 Å². The number of nitrogens with one attached hydrogen (secondary N) is 1. The monoisotopic (exact) mass is 417 g/mol. The minimum Gasteiger partial charge on any atom is -0.454 e. The average molecular weight is 417 g/mol. The molecule has 0 aromatic heterocycles. The zero-order valence-corrected chi connectivity index (χ0v) is 15.8. The van der Waals surface area contributed by atoms with Crippen molar-refractivity contribution < 1.29 is 32.4 Å². The molecule has 11 heteroatoms. The summed E-state index contributed by atoms with van der Waals surface area (Å²) in [5.74, 6) is -1.16. The Morgan fingerprint density at radius 1 is 1.34 bits per heavy atom. The molecule has 1 fully saturated rings. The SMILES string of the molecule is CC[C@H]1CCCCN1C(=O)COC(=O)CNc1ccc(C(F)(F)F)cc1[N+](=O)[O-]. The molecule has 1 saturated heterocycles. The van der Waals surface area contributed by atoms with E-state index in [-0.39, 0.29) is 17.6 Å². The van der Waals surface area contributed by atoms with Crippen molar-refractivity contribution in [2.45, 2.75) is 44.8 Å². The number of anilines is 1. The molecule has 0 bridgehead atoms. The number of nitrogens with zero attached hydrogens (tertiary/aromatic N) is 2. The normalized spacial score (nSPS) is 17.0. The molecule has 160 valence electrons. The summed E-state index contributed by atoms with van der Waals surface area (Å²) in [6.07, 6.45) is -1.10. The number of hydrogen-bond donors (Lipinski definition) is 1. The van der Waals surface area contributed by atoms with Crippen LogP contribution in [0.4, 0.5) is 24.5 Å². The van der Waals surface area contributed by atoms with Crippen molar-refractivity contribution in [3.63, 3.8) is 0 Å². The number of benzene rings is 1. The number of rotatable bonds is 7. The standard InChI is InChI=1S/C18H22F3N3O5/c1-2-13-5-3-4-8-23(13)16(25)11-29-17(26)10-22-14-7-6-12(18(19,20)21)9-15(14)24(27)28/h6-7,9,13,22H,2-5,8,10-11H2,1H3/t13-/m0/s1. The van der Waals surface area contributed by atoms with E-state index in [1.165, 1.54) is 0 Å². The number of carbonyl (C=O) groups is 2. The number of piperidine rings is 1. The van der Waals surface area contributed by atoms with Gasteiger partial charge < -0.3 is 15.0 Å². The Balaban J connectivity index is 1.92. The third-order valence-electron chi connectivity index (χ3n) is 4.72. The molecule has 0 saturated carbocycles. The third-order valence-corrected chi connectivity index (χ3v) is 4.72. The van der Waals surface area contributed by atoms with Gasteiger partial charge in [-0.15, -0.1) is 0 Å². The fourth-order valence-electron chi connectivity index (χ4n) is 3.21. The lowest BCUT2D eigenvalue weighted by Crippen LogP contribution is -2.45. The van der Waals surface area contributed by atoms with Gasteiger partial charge in [0.1, 0.15) is 12.2 Å². The quantitative estimate of drug-likeness (QED) is 0.415. The van der Waals surface area contributed by atoms with Crippen LogP contribution in [0.25, 0.3) is 0 Å². The van der Waals surface area contributed by atoms with Crippen LogP contribution >= 0.6 is 0 Å². The van der Waals surface area contributed by atoms with Crippen LogP contribution in [-0.2, 0) is 20.5 Å². The molecule has 29 heavy (non-hydrogen) atoms. The maximum atomic E-state index is 12.7. The zero-order chi connectivity index (χ0) is 21.6. The fraction of sp³-hybridized carbons (Fsp3) is 0.556. The van der Waals surface area contributed by atoms with Crippen LogP contribution in [0.1, 0.15) is 38.2 Å². The van der Waals surface area contributed by atoms with E-state index in [1.54, 1.807) is 4.90 Å². The molecule has 1 amide bonds. The first-order valence-electron chi connectivity index (χ1n) is 9.18. The summed E-state index contributed by atoms with van der Waals surface area (Å²) < 4.78 is 43.0. The molecule has 1 aliphatic heterocycles. The fourth-order valence-corrected chi connectivity index (χ4v) is 3.21. The van der Waals surface area contributed by atoms with E-state index in [0.717, 1.165) is 31.7 Å². The van der Waals surface area contributed by atoms with Crippen LogP contribution in [0, 0.1) is 10.1 Å². The molecule has 1 N–H and O–H groups in total. The number of hydrogen-bond acceptors (Lipinski definition) is 6. The number of carbonyl (C=O) groups excluding carboxylic acids is 2. The van der Waals surface area contributed by atoms with Crippen LogP contribution < -0.4 is 5.32 Å². The summed E-state index contributed by atoms with van der Waals surface area (Å²) in [5.41, 5.74) is -2.24. The van der Waals surface area contributed by atoms with E-state index in [9.17, 15) is 32.9 Å². The maximum absolute atomic E-state index is 12.7. The predicted octanol–water partition coefficient (Wildman–Crippen LogP) is 3.36. The van der Waals surface area contributed by atoms with Crippen molar-refractivity contribution in [1.82, 2.24) is 4.90 Å². The van der Waals surface area contributed by atoms with Gasteiger partial charge in [-0.1, -0.05) is 6.92 Å². The molecule has 0 spiro atoms. The molecule has 1 atom stereocenters. The van der Waals surface area contributed by atoms with Crippen LogP contribution in [0.2, 0.25) is 0 Å². The van der Waals surface area contributed by atoms with Gasteiger partial charge in [0.25, 0.3) is 11.6 Å². The molecule has 1 aromatic rings. The highest BCUT2D eigenvalue weighted by Crippen LogP contribution is 2.34. The van der Waals surface area contributed by atoms with Crippen molar-refractivity contribution in [2.75, 3.05) is 25.0 Å². The van der Waals surface area contributed by atoms with Crippen LogP contribution in [0.5, 0.6) is 0 Å². The van der Waals surface area contributed by atoms with Crippen molar-refractivity contribution in [1.29, 1.82) is 0 Å². The van der Waals surface area contributed by atoms with Gasteiger partial charge in [0.05, 0.1) is 10.5 Å². The Morgan fingerprint density at radius 3 is 2.69 bits per heavy atom. The predicted molar refractivity (Wildman–Crippen MR) is 97.2 cm³/mol. The summed E-state index contributed by atoms with van der Waals surface area (Å²) >= 11 is 0. The molecular formula is C18H22F3N3O5. The van der Waals surface area contributed by atoms with Gasteiger partial charge in [-0.3, -0.25) is 19.7 Å². The number of esters is 1. The number of alkyl halides is 3. The Kier molecular flexibility index (Phi) is 7.40. The number of ether oxygens (including phenoxy) is 1. The molecular weight excluding hydrogens is 395 g/mol. The number of nitro groups is 1. The van der Waals surface area contributed by atoms with Crippen molar-refractivity contribution in [3.8, 4) is 0 Å². The minimum absolute atomic E-state index is 0.114. The highest BCUT2D eigenvalue weighted by molar-refractivity contribution is 5.82. The summed E-state index contributed by atoms with van der Waals surface area (Å²) in [7, 11) is 0. The van der Waals surface area contributed by atoms with Gasteiger partial charge >= 0.3 is 12.1 Å². The second kappa shape index (κ2) is 9.57. The Bertz CT molecular complexity index is 770. The zero-order valence-electron chi connectivity index (χ0n) is 15.8. The lowest BCUT2D eigenvalue weighted by molar-refractivity contribution is -0.384. The van der Waals surface area contributed by atoms with E-state index >= 15 is 0 Å². The summed E-state index contributed by atoms with van der Waals surface area (Å²) in [6.45, 7) is 1.59. The molecule has 1 aromatic carbocycles. The van der Waals surface area contributed by atoms with Crippen molar-refractivity contribution in [2.24, 2.45) is 0 Å². The first-order chi connectivity index (χ1) is 13.6. The Hall–Kier alpha value is -2.85. The first-order valence-corrected chi connectivity index (χ1v) is 9.18. The van der Waals surface area contributed by atoms with Gasteiger partial charge in [0, 0.05) is 18.7 Å². The van der Waals surface area contributed by atoms with Gasteiger partial charge in [-0.2, -0.15) is 13.2 Å². The maximum Gasteiger partial charge on any atom is 0.416 e. The highest BCUT2D eigenvalue weighted by Gasteiger charge is 2.33. The van der Waals surface area contributed by atoms with Crippen LogP contribution in [0.3, 0.4) is 0 Å². The molecule has 2 rings (SSSR count). The molecule has 0 radical (unpaired) electrons. The van der Waals surface area contributed by atoms with Gasteiger partial charge in [-0.05, 0) is 37.8 Å². The highest BCUT2D eigenvalue weighted by atomic mass is 19.4. The van der Waals surface area contributed by atoms with Gasteiger partial charge in [-0.25, -0.2) is 0 Å². The van der Waals surface area contributed by atoms with Crippen LogP contribution in [0.15, 0.2) is 18.2 Å².